The largest absolute Gasteiger partial charge is 0.468 e. The molecular formula is C17H19NO5. The number of carbonyl (C=O) groups is 2. The van der Waals surface area contributed by atoms with E-state index in [4.69, 9.17) is 14.2 Å². The molecule has 0 N–H and O–H groups in total. The number of hydrogen-bond donors (Lipinski definition) is 0. The van der Waals surface area contributed by atoms with Gasteiger partial charge in [0.05, 0.1) is 6.04 Å². The van der Waals surface area contributed by atoms with Gasteiger partial charge in [-0.25, -0.2) is 9.59 Å². The number of esters is 2. The minimum atomic E-state index is -1.26. The first kappa shape index (κ1) is 15.4. The quantitative estimate of drug-likeness (QED) is 0.449. The molecule has 0 radical (unpaired) electrons. The van der Waals surface area contributed by atoms with E-state index in [9.17, 15) is 9.59 Å². The van der Waals surface area contributed by atoms with Gasteiger partial charge in [0.2, 0.25) is 11.5 Å². The molecule has 0 amide bonds. The van der Waals surface area contributed by atoms with Crippen molar-refractivity contribution in [2.24, 2.45) is 0 Å². The smallest absolute Gasteiger partial charge is 0.354 e. The normalized spacial score (nSPS) is 26.7. The van der Waals surface area contributed by atoms with E-state index in [1.807, 2.05) is 37.3 Å². The van der Waals surface area contributed by atoms with Gasteiger partial charge in [0.15, 0.2) is 0 Å². The molecule has 0 bridgehead atoms. The van der Waals surface area contributed by atoms with E-state index in [0.29, 0.717) is 0 Å². The third-order valence-electron chi connectivity index (χ3n) is 4.04. The minimum Gasteiger partial charge on any atom is -0.468 e. The second kappa shape index (κ2) is 5.30. The number of carbonyl (C=O) groups excluding carboxylic acids is 2. The van der Waals surface area contributed by atoms with E-state index in [2.05, 4.69) is 0 Å². The zero-order valence-corrected chi connectivity index (χ0v) is 13.5. The van der Waals surface area contributed by atoms with Gasteiger partial charge in [-0.1, -0.05) is 30.3 Å². The molecule has 3 rings (SSSR count). The van der Waals surface area contributed by atoms with Gasteiger partial charge in [-0.3, -0.25) is 0 Å². The SMILES string of the molecule is CC1C(c2ccccc2)OC(=C2C(=O)OC(C)(C)OC2=O)N1C. The van der Waals surface area contributed by atoms with Crippen LogP contribution in [0, 0.1) is 0 Å². The van der Waals surface area contributed by atoms with E-state index in [1.54, 1.807) is 11.9 Å². The monoisotopic (exact) mass is 317 g/mol. The lowest BCUT2D eigenvalue weighted by molar-refractivity contribution is -0.223. The summed E-state index contributed by atoms with van der Waals surface area (Å²) in [5, 5.41) is 0. The summed E-state index contributed by atoms with van der Waals surface area (Å²) >= 11 is 0. The van der Waals surface area contributed by atoms with Crippen molar-refractivity contribution in [3.8, 4) is 0 Å². The molecule has 2 atom stereocenters. The lowest BCUT2D eigenvalue weighted by Crippen LogP contribution is -2.43. The summed E-state index contributed by atoms with van der Waals surface area (Å²) in [6.45, 7) is 4.99. The molecule has 6 nitrogen and oxygen atoms in total. The fraction of sp³-hybridized carbons (Fsp3) is 0.412. The van der Waals surface area contributed by atoms with Crippen molar-refractivity contribution in [1.82, 2.24) is 4.90 Å². The van der Waals surface area contributed by atoms with Gasteiger partial charge in [0.25, 0.3) is 5.79 Å². The second-order valence-electron chi connectivity index (χ2n) is 6.16. The van der Waals surface area contributed by atoms with Gasteiger partial charge in [-0.05, 0) is 12.5 Å². The average molecular weight is 317 g/mol. The van der Waals surface area contributed by atoms with Gasteiger partial charge in [0, 0.05) is 20.9 Å². The molecule has 2 unspecified atom stereocenters. The van der Waals surface area contributed by atoms with Crippen LogP contribution >= 0.6 is 0 Å². The minimum absolute atomic E-state index is 0.0459. The first-order valence-corrected chi connectivity index (χ1v) is 7.45. The highest BCUT2D eigenvalue weighted by Gasteiger charge is 2.46. The summed E-state index contributed by atoms with van der Waals surface area (Å²) in [6, 6.07) is 9.61. The fourth-order valence-electron chi connectivity index (χ4n) is 2.74. The van der Waals surface area contributed by atoms with E-state index in [0.717, 1.165) is 5.56 Å². The van der Waals surface area contributed by atoms with Crippen molar-refractivity contribution in [3.63, 3.8) is 0 Å². The van der Waals surface area contributed by atoms with E-state index < -0.39 is 17.7 Å². The number of cyclic esters (lactones) is 2. The van der Waals surface area contributed by atoms with Crippen LogP contribution in [0.1, 0.15) is 32.4 Å². The van der Waals surface area contributed by atoms with E-state index in [-0.39, 0.29) is 23.6 Å². The summed E-state index contributed by atoms with van der Waals surface area (Å²) in [5.74, 6) is -2.53. The molecule has 2 aliphatic rings. The van der Waals surface area contributed by atoms with E-state index in [1.165, 1.54) is 13.8 Å². The van der Waals surface area contributed by atoms with Gasteiger partial charge in [-0.2, -0.15) is 0 Å². The second-order valence-corrected chi connectivity index (χ2v) is 6.16. The maximum Gasteiger partial charge on any atom is 0.354 e. The number of hydrogen-bond acceptors (Lipinski definition) is 6. The Kier molecular flexibility index (Phi) is 3.55. The van der Waals surface area contributed by atoms with Crippen molar-refractivity contribution < 1.29 is 23.8 Å². The predicted molar refractivity (Wildman–Crippen MR) is 80.8 cm³/mol. The van der Waals surface area contributed by atoms with Gasteiger partial charge >= 0.3 is 11.9 Å². The number of ether oxygens (including phenoxy) is 3. The van der Waals surface area contributed by atoms with Crippen LogP contribution in [0.15, 0.2) is 41.8 Å². The summed E-state index contributed by atoms with van der Waals surface area (Å²) in [5.41, 5.74) is 0.775. The lowest BCUT2D eigenvalue weighted by Gasteiger charge is -2.30. The number of nitrogens with zero attached hydrogens (tertiary/aromatic N) is 1. The van der Waals surface area contributed by atoms with Crippen LogP contribution in [0.2, 0.25) is 0 Å². The Bertz CT molecular complexity index is 657. The maximum absolute atomic E-state index is 12.2. The molecule has 2 aliphatic heterocycles. The first-order valence-electron chi connectivity index (χ1n) is 7.45. The standard InChI is InChI=1S/C17H19NO5/c1-10-13(11-8-6-5-7-9-11)21-14(18(10)4)12-15(19)22-17(2,3)23-16(12)20/h5-10,13H,1-4H3. The molecule has 2 saturated heterocycles. The summed E-state index contributed by atoms with van der Waals surface area (Å²) in [4.78, 5) is 26.2. The van der Waals surface area contributed by atoms with Crippen molar-refractivity contribution in [1.29, 1.82) is 0 Å². The average Bonchev–Trinajstić information content (AvgIpc) is 2.75. The molecule has 2 heterocycles. The van der Waals surface area contributed by atoms with Crippen LogP contribution in [0.3, 0.4) is 0 Å². The molecule has 0 spiro atoms. The molecule has 2 fully saturated rings. The zero-order chi connectivity index (χ0) is 16.8. The van der Waals surface area contributed by atoms with Crippen molar-refractivity contribution in [2.75, 3.05) is 7.05 Å². The fourth-order valence-corrected chi connectivity index (χ4v) is 2.74. The first-order chi connectivity index (χ1) is 10.8. The third kappa shape index (κ3) is 2.65. The highest BCUT2D eigenvalue weighted by atomic mass is 16.7. The van der Waals surface area contributed by atoms with Crippen LogP contribution in [0.4, 0.5) is 0 Å². The molecule has 1 aromatic carbocycles. The van der Waals surface area contributed by atoms with Crippen molar-refractivity contribution in [3.05, 3.63) is 47.4 Å². The van der Waals surface area contributed by atoms with Gasteiger partial charge < -0.3 is 19.1 Å². The Morgan fingerprint density at radius 2 is 1.61 bits per heavy atom. The predicted octanol–water partition coefficient (Wildman–Crippen LogP) is 2.13. The molecule has 0 aliphatic carbocycles. The zero-order valence-electron chi connectivity index (χ0n) is 13.5. The Morgan fingerprint density at radius 1 is 1.04 bits per heavy atom. The lowest BCUT2D eigenvalue weighted by atomic mass is 10.0. The Balaban J connectivity index is 1.97. The van der Waals surface area contributed by atoms with Crippen molar-refractivity contribution in [2.45, 2.75) is 38.7 Å². The highest BCUT2D eigenvalue weighted by molar-refractivity contribution is 6.15. The van der Waals surface area contributed by atoms with Gasteiger partial charge in [0.1, 0.15) is 6.10 Å². The van der Waals surface area contributed by atoms with Crippen LogP contribution < -0.4 is 0 Å². The highest BCUT2D eigenvalue weighted by Crippen LogP contribution is 2.38. The van der Waals surface area contributed by atoms with Gasteiger partial charge in [-0.15, -0.1) is 0 Å². The molecule has 0 saturated carbocycles. The molecule has 122 valence electrons. The number of likely N-dealkylation sites (N-methyl/N-ethyl adjacent to an activating group) is 1. The summed E-state index contributed by atoms with van der Waals surface area (Å²) in [6.07, 6.45) is -0.278. The Labute approximate surface area is 134 Å². The van der Waals surface area contributed by atoms with Crippen LogP contribution in [-0.2, 0) is 23.8 Å². The number of benzene rings is 1. The topological polar surface area (TPSA) is 65.1 Å². The molecule has 0 aromatic heterocycles. The molecule has 1 aromatic rings. The van der Waals surface area contributed by atoms with Crippen LogP contribution in [-0.4, -0.2) is 35.7 Å². The summed E-state index contributed by atoms with van der Waals surface area (Å²) in [7, 11) is 1.77. The molecular weight excluding hydrogens is 298 g/mol. The van der Waals surface area contributed by atoms with Crippen LogP contribution in [0.5, 0.6) is 0 Å². The Hall–Kier alpha value is -2.50. The number of rotatable bonds is 1. The molecule has 23 heavy (non-hydrogen) atoms. The Morgan fingerprint density at radius 3 is 2.17 bits per heavy atom. The van der Waals surface area contributed by atoms with E-state index >= 15 is 0 Å². The molecule has 6 heteroatoms. The van der Waals surface area contributed by atoms with Crippen LogP contribution in [0.25, 0.3) is 0 Å². The third-order valence-corrected chi connectivity index (χ3v) is 4.04. The van der Waals surface area contributed by atoms with Crippen molar-refractivity contribution >= 4 is 11.9 Å². The summed E-state index contributed by atoms with van der Waals surface area (Å²) < 4.78 is 16.2. The maximum atomic E-state index is 12.2.